The Labute approximate surface area is 113 Å². The minimum absolute atomic E-state index is 0.0127. The number of para-hydroxylation sites is 1. The zero-order valence-electron chi connectivity index (χ0n) is 11.4. The number of benzene rings is 1. The van der Waals surface area contributed by atoms with E-state index >= 15 is 0 Å². The van der Waals surface area contributed by atoms with Gasteiger partial charge in [0.2, 0.25) is 5.91 Å². The second kappa shape index (κ2) is 6.17. The Morgan fingerprint density at radius 2 is 2.26 bits per heavy atom. The molecule has 1 saturated heterocycles. The van der Waals surface area contributed by atoms with E-state index in [1.54, 1.807) is 6.92 Å². The van der Waals surface area contributed by atoms with Crippen LogP contribution in [0.15, 0.2) is 24.3 Å². The van der Waals surface area contributed by atoms with E-state index in [4.69, 9.17) is 4.74 Å². The number of hydrogen-bond acceptors (Lipinski definition) is 3. The van der Waals surface area contributed by atoms with Gasteiger partial charge in [0.1, 0.15) is 0 Å². The summed E-state index contributed by atoms with van der Waals surface area (Å²) >= 11 is 0. The van der Waals surface area contributed by atoms with Crippen LogP contribution in [0.1, 0.15) is 38.4 Å². The van der Waals surface area contributed by atoms with Crippen molar-refractivity contribution < 1.29 is 14.6 Å². The van der Waals surface area contributed by atoms with Crippen LogP contribution < -0.4 is 5.32 Å². The van der Waals surface area contributed by atoms with E-state index < -0.39 is 6.10 Å². The van der Waals surface area contributed by atoms with Gasteiger partial charge in [0.15, 0.2) is 0 Å². The van der Waals surface area contributed by atoms with Gasteiger partial charge in [-0.25, -0.2) is 0 Å². The second-order valence-corrected chi connectivity index (χ2v) is 4.97. The summed E-state index contributed by atoms with van der Waals surface area (Å²) in [5, 5.41) is 12.6. The molecule has 104 valence electrons. The maximum Gasteiger partial charge on any atom is 0.230 e. The molecule has 1 fully saturated rings. The first kappa shape index (κ1) is 14.0. The lowest BCUT2D eigenvalue weighted by molar-refractivity contribution is -0.121. The van der Waals surface area contributed by atoms with Gasteiger partial charge in [-0.2, -0.15) is 0 Å². The predicted octanol–water partition coefficient (Wildman–Crippen LogP) is 2.49. The summed E-state index contributed by atoms with van der Waals surface area (Å²) < 4.78 is 5.54. The molecular formula is C15H21NO3. The maximum atomic E-state index is 12.3. The molecule has 1 heterocycles. The lowest BCUT2D eigenvalue weighted by atomic mass is 9.98. The molecule has 4 nitrogen and oxygen atoms in total. The summed E-state index contributed by atoms with van der Waals surface area (Å²) in [7, 11) is 0. The Kier molecular flexibility index (Phi) is 4.56. The van der Waals surface area contributed by atoms with Gasteiger partial charge in [0.25, 0.3) is 0 Å². The normalized spacial score (nSPS) is 24.2. The summed E-state index contributed by atoms with van der Waals surface area (Å²) in [5.41, 5.74) is 1.42. The van der Waals surface area contributed by atoms with E-state index in [2.05, 4.69) is 5.32 Å². The van der Waals surface area contributed by atoms with E-state index in [1.165, 1.54) is 0 Å². The molecule has 0 radical (unpaired) electrons. The zero-order valence-corrected chi connectivity index (χ0v) is 11.4. The average Bonchev–Trinajstić information content (AvgIpc) is 2.87. The van der Waals surface area contributed by atoms with Crippen LogP contribution in [0.3, 0.4) is 0 Å². The van der Waals surface area contributed by atoms with Gasteiger partial charge in [-0.05, 0) is 25.8 Å². The van der Waals surface area contributed by atoms with Crippen LogP contribution in [0.2, 0.25) is 0 Å². The van der Waals surface area contributed by atoms with Crippen LogP contribution in [-0.4, -0.2) is 23.7 Å². The number of rotatable bonds is 4. The van der Waals surface area contributed by atoms with Crippen molar-refractivity contribution in [2.24, 2.45) is 5.92 Å². The topological polar surface area (TPSA) is 58.6 Å². The molecule has 0 bridgehead atoms. The Morgan fingerprint density at radius 3 is 2.95 bits per heavy atom. The first-order chi connectivity index (χ1) is 9.13. The number of carbonyl (C=O) groups excluding carboxylic acids is 1. The van der Waals surface area contributed by atoms with Crippen molar-refractivity contribution in [2.75, 3.05) is 11.9 Å². The van der Waals surface area contributed by atoms with Crippen LogP contribution >= 0.6 is 0 Å². The third kappa shape index (κ3) is 3.14. The molecule has 3 unspecified atom stereocenters. The first-order valence-corrected chi connectivity index (χ1v) is 6.83. The lowest BCUT2D eigenvalue weighted by Crippen LogP contribution is -2.29. The molecule has 1 aliphatic heterocycles. The van der Waals surface area contributed by atoms with Crippen molar-refractivity contribution in [1.82, 2.24) is 0 Å². The van der Waals surface area contributed by atoms with E-state index in [0.29, 0.717) is 12.3 Å². The highest BCUT2D eigenvalue weighted by Crippen LogP contribution is 2.27. The number of carbonyl (C=O) groups is 1. The van der Waals surface area contributed by atoms with Gasteiger partial charge < -0.3 is 15.2 Å². The van der Waals surface area contributed by atoms with E-state index in [-0.39, 0.29) is 17.9 Å². The monoisotopic (exact) mass is 263 g/mol. The molecule has 4 heteroatoms. The summed E-state index contributed by atoms with van der Waals surface area (Å²) in [5.74, 6) is -0.107. The number of nitrogens with one attached hydrogen (secondary N) is 1. The summed E-state index contributed by atoms with van der Waals surface area (Å²) in [4.78, 5) is 12.3. The van der Waals surface area contributed by atoms with E-state index in [9.17, 15) is 9.90 Å². The van der Waals surface area contributed by atoms with Crippen molar-refractivity contribution in [3.8, 4) is 0 Å². The largest absolute Gasteiger partial charge is 0.389 e. The molecule has 1 aromatic carbocycles. The standard InChI is InChI=1S/C15H21NO3/c1-3-14-12(8-9-19-14)15(18)16-13-7-5-4-6-11(13)10(2)17/h4-7,10,12,14,17H,3,8-9H2,1-2H3,(H,16,18). The molecule has 2 N–H and O–H groups in total. The molecule has 0 saturated carbocycles. The number of anilines is 1. The lowest BCUT2D eigenvalue weighted by Gasteiger charge is -2.18. The average molecular weight is 263 g/mol. The highest BCUT2D eigenvalue weighted by Gasteiger charge is 2.33. The molecule has 1 aliphatic rings. The number of amides is 1. The maximum absolute atomic E-state index is 12.3. The Morgan fingerprint density at radius 1 is 1.53 bits per heavy atom. The number of hydrogen-bond donors (Lipinski definition) is 2. The molecule has 0 aromatic heterocycles. The zero-order chi connectivity index (χ0) is 13.8. The van der Waals surface area contributed by atoms with Crippen molar-refractivity contribution in [2.45, 2.75) is 38.9 Å². The second-order valence-electron chi connectivity index (χ2n) is 4.97. The third-order valence-electron chi connectivity index (χ3n) is 3.62. The highest BCUT2D eigenvalue weighted by molar-refractivity contribution is 5.93. The summed E-state index contributed by atoms with van der Waals surface area (Å²) in [6, 6.07) is 7.34. The number of aliphatic hydroxyl groups excluding tert-OH is 1. The van der Waals surface area contributed by atoms with E-state index in [0.717, 1.165) is 18.4 Å². The van der Waals surface area contributed by atoms with Gasteiger partial charge in [0, 0.05) is 17.9 Å². The van der Waals surface area contributed by atoms with Crippen LogP contribution in [0.25, 0.3) is 0 Å². The van der Waals surface area contributed by atoms with Crippen molar-refractivity contribution >= 4 is 11.6 Å². The molecule has 2 rings (SSSR count). The van der Waals surface area contributed by atoms with Crippen molar-refractivity contribution in [3.05, 3.63) is 29.8 Å². The van der Waals surface area contributed by atoms with Crippen molar-refractivity contribution in [3.63, 3.8) is 0 Å². The van der Waals surface area contributed by atoms with Crippen LogP contribution in [-0.2, 0) is 9.53 Å². The minimum atomic E-state index is -0.599. The smallest absolute Gasteiger partial charge is 0.230 e. The van der Waals surface area contributed by atoms with Crippen LogP contribution in [0, 0.1) is 5.92 Å². The van der Waals surface area contributed by atoms with Gasteiger partial charge in [0.05, 0.1) is 18.1 Å². The fraction of sp³-hybridized carbons (Fsp3) is 0.533. The minimum Gasteiger partial charge on any atom is -0.389 e. The van der Waals surface area contributed by atoms with E-state index in [1.807, 2.05) is 31.2 Å². The van der Waals surface area contributed by atoms with Gasteiger partial charge in [-0.15, -0.1) is 0 Å². The molecule has 0 aliphatic carbocycles. The third-order valence-corrected chi connectivity index (χ3v) is 3.62. The van der Waals surface area contributed by atoms with Gasteiger partial charge in [-0.1, -0.05) is 25.1 Å². The Bertz CT molecular complexity index is 445. The SMILES string of the molecule is CCC1OCCC1C(=O)Nc1ccccc1C(C)O. The molecule has 19 heavy (non-hydrogen) atoms. The quantitative estimate of drug-likeness (QED) is 0.877. The van der Waals surface area contributed by atoms with Crippen molar-refractivity contribution in [1.29, 1.82) is 0 Å². The fourth-order valence-electron chi connectivity index (χ4n) is 2.55. The fourth-order valence-corrected chi connectivity index (χ4v) is 2.55. The molecular weight excluding hydrogens is 242 g/mol. The molecule has 3 atom stereocenters. The summed E-state index contributed by atoms with van der Waals surface area (Å²) in [6.45, 7) is 4.37. The number of ether oxygens (including phenoxy) is 1. The molecule has 1 aromatic rings. The predicted molar refractivity (Wildman–Crippen MR) is 73.8 cm³/mol. The molecule has 0 spiro atoms. The Hall–Kier alpha value is -1.39. The van der Waals surface area contributed by atoms with Crippen LogP contribution in [0.5, 0.6) is 0 Å². The highest BCUT2D eigenvalue weighted by atomic mass is 16.5. The Balaban J connectivity index is 2.11. The van der Waals surface area contributed by atoms with Gasteiger partial charge in [-0.3, -0.25) is 4.79 Å². The summed E-state index contributed by atoms with van der Waals surface area (Å²) in [6.07, 6.45) is 1.02. The number of aliphatic hydroxyl groups is 1. The first-order valence-electron chi connectivity index (χ1n) is 6.83. The molecule has 1 amide bonds. The van der Waals surface area contributed by atoms with Gasteiger partial charge >= 0.3 is 0 Å². The van der Waals surface area contributed by atoms with Crippen LogP contribution in [0.4, 0.5) is 5.69 Å².